The van der Waals surface area contributed by atoms with E-state index >= 15 is 0 Å². The van der Waals surface area contributed by atoms with Crippen LogP contribution in [0.25, 0.3) is 0 Å². The number of rotatable bonds is 8. The molecule has 0 heterocycles. The molecule has 0 aliphatic carbocycles. The van der Waals surface area contributed by atoms with Crippen LogP contribution in [-0.2, 0) is 9.53 Å². The molecule has 0 bridgehead atoms. The lowest BCUT2D eigenvalue weighted by atomic mass is 9.88. The first kappa shape index (κ1) is 15.2. The standard InChI is InChI=1S/C11H22O2S2/c1-4-13-10(12)11(2,3)6-5-8-15-9-7-14/h14H,4-9H2,1-3H3. The molecule has 0 spiro atoms. The Morgan fingerprint density at radius 3 is 2.60 bits per heavy atom. The van der Waals surface area contributed by atoms with E-state index < -0.39 is 0 Å². The number of carbonyl (C=O) groups is 1. The van der Waals surface area contributed by atoms with Gasteiger partial charge in [0.05, 0.1) is 12.0 Å². The third kappa shape index (κ3) is 7.12. The molecule has 90 valence electrons. The maximum atomic E-state index is 11.5. The van der Waals surface area contributed by atoms with Crippen LogP contribution in [0.1, 0.15) is 33.6 Å². The van der Waals surface area contributed by atoms with E-state index in [4.69, 9.17) is 4.74 Å². The molecule has 0 radical (unpaired) electrons. The molecule has 0 aromatic heterocycles. The zero-order valence-electron chi connectivity index (χ0n) is 9.91. The van der Waals surface area contributed by atoms with Gasteiger partial charge in [0.2, 0.25) is 0 Å². The van der Waals surface area contributed by atoms with Crippen LogP contribution in [0, 0.1) is 5.41 Å². The van der Waals surface area contributed by atoms with Gasteiger partial charge in [0.15, 0.2) is 0 Å². The van der Waals surface area contributed by atoms with Gasteiger partial charge >= 0.3 is 5.97 Å². The lowest BCUT2D eigenvalue weighted by Crippen LogP contribution is -2.26. The molecule has 0 atom stereocenters. The lowest BCUT2D eigenvalue weighted by molar-refractivity contribution is -0.153. The molecule has 0 aliphatic rings. The van der Waals surface area contributed by atoms with Crippen molar-refractivity contribution >= 4 is 30.4 Å². The first-order valence-corrected chi connectivity index (χ1v) is 7.19. The number of hydrogen-bond acceptors (Lipinski definition) is 4. The predicted molar refractivity (Wildman–Crippen MR) is 70.8 cm³/mol. The normalized spacial score (nSPS) is 11.5. The Bertz CT molecular complexity index is 181. The van der Waals surface area contributed by atoms with Crippen LogP contribution in [0.3, 0.4) is 0 Å². The average molecular weight is 250 g/mol. The van der Waals surface area contributed by atoms with Gasteiger partial charge < -0.3 is 4.74 Å². The van der Waals surface area contributed by atoms with E-state index in [1.807, 2.05) is 32.5 Å². The fraction of sp³-hybridized carbons (Fsp3) is 0.909. The van der Waals surface area contributed by atoms with Gasteiger partial charge in [-0.2, -0.15) is 24.4 Å². The number of esters is 1. The summed E-state index contributed by atoms with van der Waals surface area (Å²) >= 11 is 6.04. The summed E-state index contributed by atoms with van der Waals surface area (Å²) in [4.78, 5) is 11.5. The maximum Gasteiger partial charge on any atom is 0.311 e. The molecule has 2 nitrogen and oxygen atoms in total. The Morgan fingerprint density at radius 1 is 1.40 bits per heavy atom. The SMILES string of the molecule is CCOC(=O)C(C)(C)CCCSCCS. The van der Waals surface area contributed by atoms with Gasteiger partial charge in [-0.3, -0.25) is 4.79 Å². The minimum Gasteiger partial charge on any atom is -0.466 e. The van der Waals surface area contributed by atoms with E-state index in [0.29, 0.717) is 6.61 Å². The van der Waals surface area contributed by atoms with Crippen LogP contribution in [0.15, 0.2) is 0 Å². The summed E-state index contributed by atoms with van der Waals surface area (Å²) in [6.07, 6.45) is 1.95. The highest BCUT2D eigenvalue weighted by atomic mass is 32.2. The molecular formula is C11H22O2S2. The fourth-order valence-corrected chi connectivity index (χ4v) is 2.28. The molecule has 0 fully saturated rings. The first-order chi connectivity index (χ1) is 7.04. The fourth-order valence-electron chi connectivity index (χ4n) is 1.21. The lowest BCUT2D eigenvalue weighted by Gasteiger charge is -2.21. The smallest absolute Gasteiger partial charge is 0.311 e. The first-order valence-electron chi connectivity index (χ1n) is 5.40. The van der Waals surface area contributed by atoms with E-state index in [1.165, 1.54) is 0 Å². The van der Waals surface area contributed by atoms with Crippen molar-refractivity contribution in [3.8, 4) is 0 Å². The summed E-state index contributed by atoms with van der Waals surface area (Å²) < 4.78 is 5.03. The number of hydrogen-bond donors (Lipinski definition) is 1. The largest absolute Gasteiger partial charge is 0.466 e. The maximum absolute atomic E-state index is 11.5. The predicted octanol–water partition coefficient (Wildman–Crippen LogP) is 3.02. The van der Waals surface area contributed by atoms with Gasteiger partial charge in [-0.05, 0) is 45.1 Å². The van der Waals surface area contributed by atoms with Crippen molar-refractivity contribution in [1.29, 1.82) is 0 Å². The topological polar surface area (TPSA) is 26.3 Å². The molecule has 15 heavy (non-hydrogen) atoms. The summed E-state index contributed by atoms with van der Waals surface area (Å²) in [5.41, 5.74) is -0.336. The van der Waals surface area contributed by atoms with Gasteiger partial charge in [0.25, 0.3) is 0 Å². The van der Waals surface area contributed by atoms with Crippen molar-refractivity contribution in [2.24, 2.45) is 5.41 Å². The van der Waals surface area contributed by atoms with Crippen molar-refractivity contribution in [1.82, 2.24) is 0 Å². The Balaban J connectivity index is 3.68. The second-order valence-electron chi connectivity index (χ2n) is 4.04. The molecule has 0 aliphatic heterocycles. The van der Waals surface area contributed by atoms with Gasteiger partial charge in [0.1, 0.15) is 0 Å². The molecule has 4 heteroatoms. The van der Waals surface area contributed by atoms with Crippen LogP contribution < -0.4 is 0 Å². The van der Waals surface area contributed by atoms with E-state index in [9.17, 15) is 4.79 Å². The summed E-state index contributed by atoms with van der Waals surface area (Å²) in [6.45, 7) is 6.22. The summed E-state index contributed by atoms with van der Waals surface area (Å²) in [7, 11) is 0. The Morgan fingerprint density at radius 2 is 2.07 bits per heavy atom. The second kappa shape index (κ2) is 8.34. The number of carbonyl (C=O) groups excluding carboxylic acids is 1. The number of thiol groups is 1. The third-order valence-electron chi connectivity index (χ3n) is 2.15. The Kier molecular flexibility index (Phi) is 8.43. The summed E-state index contributed by atoms with van der Waals surface area (Å²) in [6, 6.07) is 0. The van der Waals surface area contributed by atoms with Crippen LogP contribution in [0.2, 0.25) is 0 Å². The minimum atomic E-state index is -0.336. The zero-order chi connectivity index (χ0) is 11.7. The van der Waals surface area contributed by atoms with Crippen molar-refractivity contribution < 1.29 is 9.53 Å². The van der Waals surface area contributed by atoms with Crippen LogP contribution in [-0.4, -0.2) is 29.8 Å². The molecule has 0 rings (SSSR count). The van der Waals surface area contributed by atoms with E-state index in [2.05, 4.69) is 12.6 Å². The molecule has 0 saturated carbocycles. The second-order valence-corrected chi connectivity index (χ2v) is 5.72. The Hall–Kier alpha value is 0.170. The van der Waals surface area contributed by atoms with Gasteiger partial charge in [-0.1, -0.05) is 0 Å². The summed E-state index contributed by atoms with van der Waals surface area (Å²) in [5, 5.41) is 0. The van der Waals surface area contributed by atoms with E-state index in [-0.39, 0.29) is 11.4 Å². The average Bonchev–Trinajstić information content (AvgIpc) is 2.18. The number of thioether (sulfide) groups is 1. The van der Waals surface area contributed by atoms with Gasteiger partial charge in [-0.15, -0.1) is 0 Å². The molecule has 0 aromatic carbocycles. The molecule has 0 aromatic rings. The third-order valence-corrected chi connectivity index (χ3v) is 3.75. The van der Waals surface area contributed by atoms with Crippen molar-refractivity contribution in [2.75, 3.05) is 23.9 Å². The van der Waals surface area contributed by atoms with Crippen molar-refractivity contribution in [2.45, 2.75) is 33.6 Å². The van der Waals surface area contributed by atoms with Gasteiger partial charge in [-0.25, -0.2) is 0 Å². The highest BCUT2D eigenvalue weighted by Crippen LogP contribution is 2.25. The molecular weight excluding hydrogens is 228 g/mol. The van der Waals surface area contributed by atoms with E-state index in [1.54, 1.807) is 0 Å². The van der Waals surface area contributed by atoms with Crippen molar-refractivity contribution in [3.05, 3.63) is 0 Å². The van der Waals surface area contributed by atoms with E-state index in [0.717, 1.165) is 30.1 Å². The minimum absolute atomic E-state index is 0.0794. The molecule has 0 amide bonds. The summed E-state index contributed by atoms with van der Waals surface area (Å²) in [5.74, 6) is 3.03. The highest BCUT2D eigenvalue weighted by Gasteiger charge is 2.28. The van der Waals surface area contributed by atoms with Crippen LogP contribution in [0.5, 0.6) is 0 Å². The van der Waals surface area contributed by atoms with Gasteiger partial charge in [0, 0.05) is 5.75 Å². The number of ether oxygens (including phenoxy) is 1. The van der Waals surface area contributed by atoms with Crippen LogP contribution >= 0.6 is 24.4 Å². The molecule has 0 saturated heterocycles. The molecule has 0 unspecified atom stereocenters. The van der Waals surface area contributed by atoms with Crippen LogP contribution in [0.4, 0.5) is 0 Å². The quantitative estimate of drug-likeness (QED) is 0.407. The molecule has 0 N–H and O–H groups in total. The van der Waals surface area contributed by atoms with Crippen molar-refractivity contribution in [3.63, 3.8) is 0 Å². The zero-order valence-corrected chi connectivity index (χ0v) is 11.6. The highest BCUT2D eigenvalue weighted by molar-refractivity contribution is 7.99. The monoisotopic (exact) mass is 250 g/mol. The Labute approximate surface area is 103 Å².